The van der Waals surface area contributed by atoms with Gasteiger partial charge in [0, 0.05) is 12.3 Å². The Kier molecular flexibility index (Phi) is 5.50. The highest BCUT2D eigenvalue weighted by atomic mass is 16.5. The summed E-state index contributed by atoms with van der Waals surface area (Å²) in [5, 5.41) is 0. The number of allylic oxidation sites excluding steroid dienone is 1. The van der Waals surface area contributed by atoms with Crippen LogP contribution >= 0.6 is 0 Å². The van der Waals surface area contributed by atoms with Crippen LogP contribution in [0.15, 0.2) is 35.2 Å². The third-order valence-corrected chi connectivity index (χ3v) is 7.00. The first-order valence-corrected chi connectivity index (χ1v) is 9.71. The minimum absolute atomic E-state index is 0.103. The summed E-state index contributed by atoms with van der Waals surface area (Å²) in [6.07, 6.45) is 6.22. The summed E-state index contributed by atoms with van der Waals surface area (Å²) in [5.74, 6) is -1.42. The molecular weight excluding hydrogens is 360 g/mol. The summed E-state index contributed by atoms with van der Waals surface area (Å²) in [6.45, 7) is 6.07. The molecule has 1 aromatic heterocycles. The molecule has 6 nitrogen and oxygen atoms in total. The molecule has 0 N–H and O–H groups in total. The van der Waals surface area contributed by atoms with Crippen molar-refractivity contribution in [3.8, 4) is 0 Å². The van der Waals surface area contributed by atoms with Crippen molar-refractivity contribution in [3.63, 3.8) is 0 Å². The van der Waals surface area contributed by atoms with Crippen molar-refractivity contribution in [2.45, 2.75) is 45.4 Å². The van der Waals surface area contributed by atoms with Gasteiger partial charge in [-0.25, -0.2) is 0 Å². The van der Waals surface area contributed by atoms with Gasteiger partial charge in [0.25, 0.3) is 0 Å². The van der Waals surface area contributed by atoms with Crippen molar-refractivity contribution < 1.29 is 28.3 Å². The Balaban J connectivity index is 2.06. The Morgan fingerprint density at radius 2 is 1.93 bits per heavy atom. The Hall–Kier alpha value is -2.37. The van der Waals surface area contributed by atoms with E-state index in [1.54, 1.807) is 6.07 Å². The standard InChI is InChI=1S/C22H28O6/c1-14-6-7-18-21(2,19(24)26-3)9-5-10-22(18,20(25)27-4)16(14)12-17(23)15-8-11-28-13-15/h8,11,13,16,18H,1,5-7,9-10,12H2,2-4H3. The highest BCUT2D eigenvalue weighted by Crippen LogP contribution is 2.62. The van der Waals surface area contributed by atoms with E-state index >= 15 is 0 Å². The zero-order valence-corrected chi connectivity index (χ0v) is 16.8. The fourth-order valence-electron chi connectivity index (χ4n) is 5.63. The molecule has 4 unspecified atom stereocenters. The SMILES string of the molecule is C=C1CCC2C(C)(C(=O)OC)CCCC2(C(=O)OC)C1CC(=O)c1ccoc1. The van der Waals surface area contributed by atoms with E-state index in [4.69, 9.17) is 13.9 Å². The van der Waals surface area contributed by atoms with Gasteiger partial charge in [0.05, 0.1) is 36.9 Å². The van der Waals surface area contributed by atoms with Crippen LogP contribution in [0.25, 0.3) is 0 Å². The van der Waals surface area contributed by atoms with E-state index in [1.807, 2.05) is 6.92 Å². The normalized spacial score (nSPS) is 32.3. The third kappa shape index (κ3) is 2.99. The average Bonchev–Trinajstić information content (AvgIpc) is 3.23. The summed E-state index contributed by atoms with van der Waals surface area (Å²) >= 11 is 0. The summed E-state index contributed by atoms with van der Waals surface area (Å²) in [6, 6.07) is 1.62. The monoisotopic (exact) mass is 388 g/mol. The number of carbonyl (C=O) groups is 3. The molecular formula is C22H28O6. The van der Waals surface area contributed by atoms with E-state index in [2.05, 4.69) is 6.58 Å². The number of methoxy groups -OCH3 is 2. The first-order chi connectivity index (χ1) is 13.3. The van der Waals surface area contributed by atoms with Crippen LogP contribution in [-0.4, -0.2) is 31.9 Å². The molecule has 4 atom stereocenters. The molecule has 0 radical (unpaired) electrons. The number of furan rings is 1. The predicted molar refractivity (Wildman–Crippen MR) is 101 cm³/mol. The molecule has 152 valence electrons. The topological polar surface area (TPSA) is 82.8 Å². The van der Waals surface area contributed by atoms with Crippen LogP contribution < -0.4 is 0 Å². The average molecular weight is 388 g/mol. The maximum absolute atomic E-state index is 13.2. The summed E-state index contributed by atoms with van der Waals surface area (Å²) < 4.78 is 15.4. The van der Waals surface area contributed by atoms with Gasteiger partial charge in [-0.3, -0.25) is 14.4 Å². The van der Waals surface area contributed by atoms with Crippen molar-refractivity contribution in [3.05, 3.63) is 36.3 Å². The molecule has 2 aliphatic carbocycles. The molecule has 28 heavy (non-hydrogen) atoms. The van der Waals surface area contributed by atoms with Crippen LogP contribution in [0.5, 0.6) is 0 Å². The summed E-state index contributed by atoms with van der Waals surface area (Å²) in [5.41, 5.74) is -0.405. The molecule has 2 saturated carbocycles. The molecule has 0 aliphatic heterocycles. The molecule has 6 heteroatoms. The number of Topliss-reactive ketones (excluding diaryl/α,β-unsaturated/α-hetero) is 1. The van der Waals surface area contributed by atoms with Gasteiger partial charge in [0.15, 0.2) is 5.78 Å². The highest BCUT2D eigenvalue weighted by molar-refractivity contribution is 5.96. The summed E-state index contributed by atoms with van der Waals surface area (Å²) in [7, 11) is 2.74. The van der Waals surface area contributed by atoms with E-state index in [1.165, 1.54) is 26.7 Å². The maximum Gasteiger partial charge on any atom is 0.312 e. The van der Waals surface area contributed by atoms with Gasteiger partial charge in [-0.1, -0.05) is 18.6 Å². The Bertz CT molecular complexity index is 779. The molecule has 1 heterocycles. The lowest BCUT2D eigenvalue weighted by Gasteiger charge is -2.56. The van der Waals surface area contributed by atoms with Crippen LogP contribution in [-0.2, 0) is 19.1 Å². The van der Waals surface area contributed by atoms with Crippen molar-refractivity contribution in [1.82, 2.24) is 0 Å². The Morgan fingerprint density at radius 3 is 2.54 bits per heavy atom. The molecule has 2 fully saturated rings. The third-order valence-electron chi connectivity index (χ3n) is 7.00. The van der Waals surface area contributed by atoms with Gasteiger partial charge in [-0.2, -0.15) is 0 Å². The molecule has 0 aromatic carbocycles. The molecule has 0 bridgehead atoms. The lowest BCUT2D eigenvalue weighted by atomic mass is 9.45. The maximum atomic E-state index is 13.2. The molecule has 2 aliphatic rings. The number of ketones is 1. The minimum Gasteiger partial charge on any atom is -0.472 e. The fourth-order valence-corrected chi connectivity index (χ4v) is 5.63. The van der Waals surface area contributed by atoms with E-state index in [9.17, 15) is 14.4 Å². The number of hydrogen-bond acceptors (Lipinski definition) is 6. The second-order valence-corrected chi connectivity index (χ2v) is 8.24. The van der Waals surface area contributed by atoms with E-state index in [0.29, 0.717) is 37.7 Å². The van der Waals surface area contributed by atoms with Crippen molar-refractivity contribution in [1.29, 1.82) is 0 Å². The van der Waals surface area contributed by atoms with Crippen LogP contribution in [0, 0.1) is 22.7 Å². The van der Waals surface area contributed by atoms with E-state index in [0.717, 1.165) is 5.57 Å². The largest absolute Gasteiger partial charge is 0.472 e. The number of hydrogen-bond donors (Lipinski definition) is 0. The summed E-state index contributed by atoms with van der Waals surface area (Å²) in [4.78, 5) is 38.8. The molecule has 0 spiro atoms. The zero-order valence-electron chi connectivity index (χ0n) is 16.8. The number of carbonyl (C=O) groups excluding carboxylic acids is 3. The lowest BCUT2D eigenvalue weighted by Crippen LogP contribution is -2.59. The van der Waals surface area contributed by atoms with Gasteiger partial charge in [-0.15, -0.1) is 0 Å². The Labute approximate surface area is 165 Å². The second-order valence-electron chi connectivity index (χ2n) is 8.24. The van der Waals surface area contributed by atoms with Crippen LogP contribution in [0.2, 0.25) is 0 Å². The first-order valence-electron chi connectivity index (χ1n) is 9.71. The quantitative estimate of drug-likeness (QED) is 0.431. The lowest BCUT2D eigenvalue weighted by molar-refractivity contribution is -0.184. The van der Waals surface area contributed by atoms with Crippen molar-refractivity contribution >= 4 is 17.7 Å². The molecule has 3 rings (SSSR count). The van der Waals surface area contributed by atoms with Crippen LogP contribution in [0.4, 0.5) is 0 Å². The van der Waals surface area contributed by atoms with Gasteiger partial charge < -0.3 is 13.9 Å². The van der Waals surface area contributed by atoms with Gasteiger partial charge in [0.2, 0.25) is 0 Å². The van der Waals surface area contributed by atoms with Crippen molar-refractivity contribution in [2.24, 2.45) is 22.7 Å². The minimum atomic E-state index is -0.954. The van der Waals surface area contributed by atoms with Gasteiger partial charge in [0.1, 0.15) is 6.26 Å². The fraction of sp³-hybridized carbons (Fsp3) is 0.591. The molecule has 1 aromatic rings. The van der Waals surface area contributed by atoms with Gasteiger partial charge in [-0.05, 0) is 44.6 Å². The van der Waals surface area contributed by atoms with E-state index < -0.39 is 10.8 Å². The zero-order chi connectivity index (χ0) is 20.5. The second kappa shape index (κ2) is 7.57. The molecule has 0 saturated heterocycles. The number of fused-ring (bicyclic) bond motifs is 1. The highest BCUT2D eigenvalue weighted by Gasteiger charge is 2.64. The number of rotatable bonds is 5. The van der Waals surface area contributed by atoms with Gasteiger partial charge >= 0.3 is 11.9 Å². The van der Waals surface area contributed by atoms with Crippen molar-refractivity contribution in [2.75, 3.05) is 14.2 Å². The molecule has 0 amide bonds. The number of ether oxygens (including phenoxy) is 2. The van der Waals surface area contributed by atoms with Crippen LogP contribution in [0.1, 0.15) is 55.8 Å². The Morgan fingerprint density at radius 1 is 1.21 bits per heavy atom. The number of esters is 2. The first kappa shape index (κ1) is 20.4. The predicted octanol–water partition coefficient (Wildman–Crippen LogP) is 3.96. The van der Waals surface area contributed by atoms with Crippen LogP contribution in [0.3, 0.4) is 0 Å². The van der Waals surface area contributed by atoms with E-state index in [-0.39, 0.29) is 36.0 Å². The smallest absolute Gasteiger partial charge is 0.312 e.